The molecule has 3 nitrogen and oxygen atoms in total. The summed E-state index contributed by atoms with van der Waals surface area (Å²) in [5.74, 6) is 0. The van der Waals surface area contributed by atoms with Crippen molar-refractivity contribution in [3.05, 3.63) is 48.9 Å². The smallest absolute Gasteiger partial charge is 0.193 e. The van der Waals surface area contributed by atoms with Crippen LogP contribution in [0.15, 0.2) is 48.9 Å². The molecule has 0 saturated heterocycles. The Bertz CT molecular complexity index is 291. The lowest BCUT2D eigenvalue weighted by Gasteiger charge is -2.32. The van der Waals surface area contributed by atoms with Crippen LogP contribution in [-0.4, -0.2) is 22.5 Å². The second kappa shape index (κ2) is 3.49. The van der Waals surface area contributed by atoms with E-state index in [0.717, 1.165) is 0 Å². The lowest BCUT2D eigenvalue weighted by molar-refractivity contribution is -0.0317. The van der Waals surface area contributed by atoms with E-state index in [1.807, 2.05) is 30.4 Å². The Balaban J connectivity index is 2.08. The van der Waals surface area contributed by atoms with Crippen molar-refractivity contribution in [1.29, 1.82) is 0 Å². The SMILES string of the molecule is OC1C=CC=CN1C1C=CC=CO1. The molecule has 68 valence electrons. The van der Waals surface area contributed by atoms with Crippen LogP contribution in [0.5, 0.6) is 0 Å². The molecule has 13 heavy (non-hydrogen) atoms. The van der Waals surface area contributed by atoms with Gasteiger partial charge < -0.3 is 14.7 Å². The lowest BCUT2D eigenvalue weighted by Crippen LogP contribution is -2.39. The Morgan fingerprint density at radius 2 is 1.92 bits per heavy atom. The first-order chi connectivity index (χ1) is 6.38. The third kappa shape index (κ3) is 1.65. The summed E-state index contributed by atoms with van der Waals surface area (Å²) in [5, 5.41) is 9.57. The van der Waals surface area contributed by atoms with E-state index in [1.54, 1.807) is 23.4 Å². The third-order valence-electron chi connectivity index (χ3n) is 1.94. The zero-order valence-corrected chi connectivity index (χ0v) is 7.08. The maximum atomic E-state index is 9.57. The number of ether oxygens (including phenoxy) is 1. The van der Waals surface area contributed by atoms with Crippen molar-refractivity contribution >= 4 is 0 Å². The van der Waals surface area contributed by atoms with Crippen LogP contribution in [0.4, 0.5) is 0 Å². The molecule has 0 spiro atoms. The van der Waals surface area contributed by atoms with Crippen molar-refractivity contribution in [3.8, 4) is 0 Å². The highest BCUT2D eigenvalue weighted by molar-refractivity contribution is 5.15. The standard InChI is InChI=1S/C10H11NO2/c12-9-5-1-3-7-11(9)10-6-2-4-8-13-10/h1-10,12H. The summed E-state index contributed by atoms with van der Waals surface area (Å²) in [6, 6.07) is 0. The third-order valence-corrected chi connectivity index (χ3v) is 1.94. The first-order valence-electron chi connectivity index (χ1n) is 4.17. The fourth-order valence-corrected chi connectivity index (χ4v) is 1.28. The molecule has 0 bridgehead atoms. The van der Waals surface area contributed by atoms with Crippen molar-refractivity contribution in [2.75, 3.05) is 0 Å². The second-order valence-electron chi connectivity index (χ2n) is 2.83. The predicted molar refractivity (Wildman–Crippen MR) is 49.3 cm³/mol. The van der Waals surface area contributed by atoms with Crippen LogP contribution in [0.2, 0.25) is 0 Å². The van der Waals surface area contributed by atoms with Crippen LogP contribution < -0.4 is 0 Å². The molecule has 0 aromatic heterocycles. The molecule has 0 fully saturated rings. The minimum atomic E-state index is -0.605. The molecule has 1 N–H and O–H groups in total. The Hall–Kier alpha value is -1.48. The van der Waals surface area contributed by atoms with Crippen molar-refractivity contribution < 1.29 is 9.84 Å². The van der Waals surface area contributed by atoms with Crippen molar-refractivity contribution in [1.82, 2.24) is 4.90 Å². The average molecular weight is 177 g/mol. The van der Waals surface area contributed by atoms with Gasteiger partial charge in [0.2, 0.25) is 0 Å². The summed E-state index contributed by atoms with van der Waals surface area (Å²) >= 11 is 0. The van der Waals surface area contributed by atoms with Gasteiger partial charge in [0.25, 0.3) is 0 Å². The monoisotopic (exact) mass is 177 g/mol. The van der Waals surface area contributed by atoms with Gasteiger partial charge in [0, 0.05) is 6.20 Å². The zero-order valence-electron chi connectivity index (χ0n) is 7.08. The van der Waals surface area contributed by atoms with Crippen LogP contribution in [0.25, 0.3) is 0 Å². The molecule has 0 amide bonds. The summed E-state index contributed by atoms with van der Waals surface area (Å²) in [6.45, 7) is 0. The lowest BCUT2D eigenvalue weighted by atomic mass is 10.3. The topological polar surface area (TPSA) is 32.7 Å². The molecule has 0 saturated carbocycles. The molecule has 2 atom stereocenters. The predicted octanol–water partition coefficient (Wildman–Crippen LogP) is 1.12. The normalized spacial score (nSPS) is 30.7. The first kappa shape index (κ1) is 8.13. The minimum Gasteiger partial charge on any atom is -0.474 e. The van der Waals surface area contributed by atoms with Gasteiger partial charge in [-0.3, -0.25) is 0 Å². The van der Waals surface area contributed by atoms with Gasteiger partial charge in [-0.25, -0.2) is 0 Å². The molecule has 0 aromatic rings. The molecule has 0 radical (unpaired) electrons. The van der Waals surface area contributed by atoms with Crippen LogP contribution in [0.1, 0.15) is 0 Å². The van der Waals surface area contributed by atoms with E-state index in [-0.39, 0.29) is 6.23 Å². The van der Waals surface area contributed by atoms with Gasteiger partial charge >= 0.3 is 0 Å². The summed E-state index contributed by atoms with van der Waals surface area (Å²) in [4.78, 5) is 1.72. The van der Waals surface area contributed by atoms with Crippen LogP contribution >= 0.6 is 0 Å². The van der Waals surface area contributed by atoms with E-state index >= 15 is 0 Å². The molecule has 2 aliphatic heterocycles. The Morgan fingerprint density at radius 1 is 1.08 bits per heavy atom. The first-order valence-corrected chi connectivity index (χ1v) is 4.17. The maximum Gasteiger partial charge on any atom is 0.193 e. The van der Waals surface area contributed by atoms with Gasteiger partial charge in [-0.1, -0.05) is 12.2 Å². The highest BCUT2D eigenvalue weighted by Gasteiger charge is 2.20. The fourth-order valence-electron chi connectivity index (χ4n) is 1.28. The number of hydrogen-bond acceptors (Lipinski definition) is 3. The van der Waals surface area contributed by atoms with Crippen molar-refractivity contribution in [3.63, 3.8) is 0 Å². The van der Waals surface area contributed by atoms with E-state index in [1.165, 1.54) is 0 Å². The van der Waals surface area contributed by atoms with E-state index in [0.29, 0.717) is 0 Å². The summed E-state index contributed by atoms with van der Waals surface area (Å²) in [6.07, 6.45) is 13.6. The van der Waals surface area contributed by atoms with E-state index in [2.05, 4.69) is 0 Å². The molecule has 3 heteroatoms. The van der Waals surface area contributed by atoms with Crippen LogP contribution in [-0.2, 0) is 4.74 Å². The average Bonchev–Trinajstić information content (AvgIpc) is 2.20. The van der Waals surface area contributed by atoms with E-state index in [9.17, 15) is 5.11 Å². The molecular formula is C10H11NO2. The highest BCUT2D eigenvalue weighted by Crippen LogP contribution is 2.15. The van der Waals surface area contributed by atoms with E-state index in [4.69, 9.17) is 4.74 Å². The summed E-state index contributed by atoms with van der Waals surface area (Å²) < 4.78 is 5.30. The number of rotatable bonds is 1. The Kier molecular flexibility index (Phi) is 2.19. The van der Waals surface area contributed by atoms with Gasteiger partial charge in [-0.05, 0) is 24.3 Å². The quantitative estimate of drug-likeness (QED) is 0.651. The highest BCUT2D eigenvalue weighted by atomic mass is 16.5. The number of nitrogens with zero attached hydrogens (tertiary/aromatic N) is 1. The zero-order chi connectivity index (χ0) is 9.10. The fraction of sp³-hybridized carbons (Fsp3) is 0.200. The molecule has 2 heterocycles. The van der Waals surface area contributed by atoms with Crippen LogP contribution in [0, 0.1) is 0 Å². The van der Waals surface area contributed by atoms with Crippen molar-refractivity contribution in [2.45, 2.75) is 12.5 Å². The van der Waals surface area contributed by atoms with Crippen molar-refractivity contribution in [2.24, 2.45) is 0 Å². The molecule has 0 aromatic carbocycles. The molecule has 2 aliphatic rings. The maximum absolute atomic E-state index is 9.57. The molecule has 2 rings (SSSR count). The molecule has 0 aliphatic carbocycles. The second-order valence-corrected chi connectivity index (χ2v) is 2.83. The minimum absolute atomic E-state index is 0.207. The Labute approximate surface area is 76.9 Å². The van der Waals surface area contributed by atoms with Crippen LogP contribution in [0.3, 0.4) is 0 Å². The van der Waals surface area contributed by atoms with Gasteiger partial charge in [0.05, 0.1) is 6.26 Å². The number of aliphatic hydroxyl groups excluding tert-OH is 1. The number of allylic oxidation sites excluding steroid dienone is 4. The van der Waals surface area contributed by atoms with E-state index < -0.39 is 6.23 Å². The number of aliphatic hydroxyl groups is 1. The Morgan fingerprint density at radius 3 is 2.62 bits per heavy atom. The number of hydrogen-bond donors (Lipinski definition) is 1. The van der Waals surface area contributed by atoms with Gasteiger partial charge in [-0.15, -0.1) is 0 Å². The summed E-state index contributed by atoms with van der Waals surface area (Å²) in [7, 11) is 0. The van der Waals surface area contributed by atoms with Gasteiger partial charge in [0.15, 0.2) is 6.23 Å². The van der Waals surface area contributed by atoms with Gasteiger partial charge in [0.1, 0.15) is 6.23 Å². The summed E-state index contributed by atoms with van der Waals surface area (Å²) in [5.41, 5.74) is 0. The molecular weight excluding hydrogens is 166 g/mol. The van der Waals surface area contributed by atoms with Gasteiger partial charge in [-0.2, -0.15) is 0 Å². The molecule has 2 unspecified atom stereocenters. The largest absolute Gasteiger partial charge is 0.474 e.